The summed E-state index contributed by atoms with van der Waals surface area (Å²) in [6, 6.07) is 20.9. The van der Waals surface area contributed by atoms with E-state index in [0.29, 0.717) is 0 Å². The van der Waals surface area contributed by atoms with Crippen LogP contribution in [0.15, 0.2) is 65.1 Å². The zero-order chi connectivity index (χ0) is 17.5. The lowest BCUT2D eigenvalue weighted by atomic mass is 9.95. The van der Waals surface area contributed by atoms with Crippen LogP contribution < -0.4 is 0 Å². The predicted octanol–water partition coefficient (Wildman–Crippen LogP) is 5.73. The molecule has 5 rings (SSSR count). The van der Waals surface area contributed by atoms with Gasteiger partial charge in [-0.05, 0) is 61.6 Å². The second-order valence-electron chi connectivity index (χ2n) is 6.78. The van der Waals surface area contributed by atoms with Crippen LogP contribution in [0.3, 0.4) is 0 Å². The lowest BCUT2D eigenvalue weighted by Crippen LogP contribution is -2.06. The summed E-state index contributed by atoms with van der Waals surface area (Å²) in [6.07, 6.45) is 4.67. The molecule has 0 saturated carbocycles. The number of aromatic nitrogens is 3. The van der Waals surface area contributed by atoms with Crippen LogP contribution in [-0.2, 0) is 12.8 Å². The normalized spacial score (nSPS) is 13.7. The van der Waals surface area contributed by atoms with Crippen LogP contribution in [0.4, 0.5) is 0 Å². The number of para-hydroxylation sites is 1. The molecule has 1 aliphatic rings. The molecule has 0 aliphatic heterocycles. The van der Waals surface area contributed by atoms with Gasteiger partial charge in [0.05, 0.1) is 5.69 Å². The van der Waals surface area contributed by atoms with E-state index in [4.69, 9.17) is 10.1 Å². The van der Waals surface area contributed by atoms with Gasteiger partial charge < -0.3 is 0 Å². The highest BCUT2D eigenvalue weighted by atomic mass is 79.9. The molecule has 2 aromatic carbocycles. The topological polar surface area (TPSA) is 30.7 Å². The van der Waals surface area contributed by atoms with Gasteiger partial charge in [-0.2, -0.15) is 5.10 Å². The lowest BCUT2D eigenvalue weighted by molar-refractivity contribution is 0.670. The quantitative estimate of drug-likeness (QED) is 0.427. The molecule has 4 heteroatoms. The largest absolute Gasteiger partial charge is 0.233 e. The number of nitrogens with zero attached hydrogens (tertiary/aromatic N) is 3. The molecule has 0 radical (unpaired) electrons. The zero-order valence-corrected chi connectivity index (χ0v) is 15.9. The molecule has 0 amide bonds. The van der Waals surface area contributed by atoms with Crippen molar-refractivity contribution in [3.05, 3.63) is 76.4 Å². The van der Waals surface area contributed by atoms with Crippen molar-refractivity contribution in [1.82, 2.24) is 14.8 Å². The third kappa shape index (κ3) is 2.65. The van der Waals surface area contributed by atoms with Gasteiger partial charge in [0.25, 0.3) is 0 Å². The van der Waals surface area contributed by atoms with Gasteiger partial charge in [-0.15, -0.1) is 0 Å². The van der Waals surface area contributed by atoms with Gasteiger partial charge in [0.2, 0.25) is 0 Å². The Balaban J connectivity index is 1.80. The van der Waals surface area contributed by atoms with E-state index < -0.39 is 0 Å². The monoisotopic (exact) mass is 403 g/mol. The van der Waals surface area contributed by atoms with Gasteiger partial charge in [-0.3, -0.25) is 0 Å². The molecule has 4 aromatic rings. The van der Waals surface area contributed by atoms with E-state index in [9.17, 15) is 0 Å². The molecule has 3 nitrogen and oxygen atoms in total. The number of fused-ring (bicyclic) bond motifs is 2. The summed E-state index contributed by atoms with van der Waals surface area (Å²) in [5.41, 5.74) is 6.74. The maximum Gasteiger partial charge on any atom is 0.163 e. The van der Waals surface area contributed by atoms with Crippen molar-refractivity contribution in [2.45, 2.75) is 25.7 Å². The van der Waals surface area contributed by atoms with Gasteiger partial charge in [-0.1, -0.05) is 46.3 Å². The minimum Gasteiger partial charge on any atom is -0.233 e. The van der Waals surface area contributed by atoms with Gasteiger partial charge in [0.15, 0.2) is 5.65 Å². The molecule has 128 valence electrons. The van der Waals surface area contributed by atoms with Crippen LogP contribution >= 0.6 is 15.9 Å². The second-order valence-corrected chi connectivity index (χ2v) is 7.69. The maximum absolute atomic E-state index is 5.05. The Kier molecular flexibility index (Phi) is 3.86. The Morgan fingerprint density at radius 1 is 0.885 bits per heavy atom. The third-order valence-corrected chi connectivity index (χ3v) is 5.58. The maximum atomic E-state index is 5.05. The van der Waals surface area contributed by atoms with Crippen molar-refractivity contribution >= 4 is 27.0 Å². The van der Waals surface area contributed by atoms with Crippen LogP contribution in [0.1, 0.15) is 24.1 Å². The lowest BCUT2D eigenvalue weighted by Gasteiger charge is -2.14. The number of aryl methyl sites for hydroxylation is 2. The fraction of sp³-hybridized carbons (Fsp3) is 0.182. The Morgan fingerprint density at radius 3 is 2.46 bits per heavy atom. The number of hydrogen-bond donors (Lipinski definition) is 0. The first-order valence-corrected chi connectivity index (χ1v) is 9.82. The van der Waals surface area contributed by atoms with E-state index >= 15 is 0 Å². The fourth-order valence-corrected chi connectivity index (χ4v) is 3.99. The Bertz CT molecular complexity index is 1080. The number of pyridine rings is 1. The molecular formula is C22H18BrN3. The number of rotatable bonds is 2. The Hall–Kier alpha value is -2.46. The van der Waals surface area contributed by atoms with E-state index in [0.717, 1.165) is 45.3 Å². The van der Waals surface area contributed by atoms with Crippen molar-refractivity contribution in [1.29, 1.82) is 0 Å². The van der Waals surface area contributed by atoms with Crippen molar-refractivity contribution in [3.63, 3.8) is 0 Å². The molecule has 0 atom stereocenters. The van der Waals surface area contributed by atoms with Crippen molar-refractivity contribution in [2.75, 3.05) is 0 Å². The minimum absolute atomic E-state index is 0.953. The highest BCUT2D eigenvalue weighted by Gasteiger charge is 2.19. The smallest absolute Gasteiger partial charge is 0.163 e. The van der Waals surface area contributed by atoms with E-state index in [2.05, 4.69) is 58.4 Å². The van der Waals surface area contributed by atoms with Crippen LogP contribution in [-0.4, -0.2) is 14.8 Å². The second kappa shape index (κ2) is 6.36. The SMILES string of the molecule is Brc1ccc(-c2nn(-c3ccccc3)c3nc4c(cc23)CCCC4)cc1. The predicted molar refractivity (Wildman–Crippen MR) is 109 cm³/mol. The molecule has 0 spiro atoms. The summed E-state index contributed by atoms with van der Waals surface area (Å²) in [7, 11) is 0. The Morgan fingerprint density at radius 2 is 1.65 bits per heavy atom. The first-order valence-electron chi connectivity index (χ1n) is 9.02. The summed E-state index contributed by atoms with van der Waals surface area (Å²) >= 11 is 3.52. The third-order valence-electron chi connectivity index (χ3n) is 5.05. The average molecular weight is 404 g/mol. The van der Waals surface area contributed by atoms with E-state index in [1.165, 1.54) is 24.1 Å². The number of halogens is 1. The van der Waals surface area contributed by atoms with E-state index in [-0.39, 0.29) is 0 Å². The molecule has 0 N–H and O–H groups in total. The van der Waals surface area contributed by atoms with Crippen LogP contribution in [0, 0.1) is 0 Å². The standard InChI is InChI=1S/C22H18BrN3/c23-17-12-10-15(11-13-17)21-19-14-16-6-4-5-9-20(16)24-22(19)26(25-21)18-7-2-1-3-8-18/h1-3,7-8,10-14H,4-6,9H2. The molecule has 2 heterocycles. The Labute approximate surface area is 160 Å². The minimum atomic E-state index is 0.953. The highest BCUT2D eigenvalue weighted by molar-refractivity contribution is 9.10. The molecule has 26 heavy (non-hydrogen) atoms. The van der Waals surface area contributed by atoms with Crippen LogP contribution in [0.5, 0.6) is 0 Å². The molecule has 0 unspecified atom stereocenters. The van der Waals surface area contributed by atoms with Crippen molar-refractivity contribution in [2.24, 2.45) is 0 Å². The summed E-state index contributed by atoms with van der Waals surface area (Å²) in [6.45, 7) is 0. The van der Waals surface area contributed by atoms with Crippen molar-refractivity contribution in [3.8, 4) is 16.9 Å². The van der Waals surface area contributed by atoms with Gasteiger partial charge >= 0.3 is 0 Å². The summed E-state index contributed by atoms with van der Waals surface area (Å²) in [4.78, 5) is 5.05. The van der Waals surface area contributed by atoms with Crippen LogP contribution in [0.2, 0.25) is 0 Å². The summed E-state index contributed by atoms with van der Waals surface area (Å²) in [5, 5.41) is 6.11. The zero-order valence-electron chi connectivity index (χ0n) is 14.3. The van der Waals surface area contributed by atoms with Crippen molar-refractivity contribution < 1.29 is 0 Å². The molecule has 0 bridgehead atoms. The number of benzene rings is 2. The number of hydrogen-bond acceptors (Lipinski definition) is 2. The molecule has 0 saturated heterocycles. The average Bonchev–Trinajstić information content (AvgIpc) is 3.06. The van der Waals surface area contributed by atoms with Gasteiger partial charge in [0, 0.05) is 21.1 Å². The van der Waals surface area contributed by atoms with Crippen LogP contribution in [0.25, 0.3) is 28.0 Å². The summed E-state index contributed by atoms with van der Waals surface area (Å²) in [5.74, 6) is 0. The first kappa shape index (κ1) is 15.8. The molecule has 1 aliphatic carbocycles. The van der Waals surface area contributed by atoms with Gasteiger partial charge in [-0.25, -0.2) is 9.67 Å². The highest BCUT2D eigenvalue weighted by Crippen LogP contribution is 2.33. The molecule has 2 aromatic heterocycles. The first-order chi connectivity index (χ1) is 12.8. The summed E-state index contributed by atoms with van der Waals surface area (Å²) < 4.78 is 3.06. The molecular weight excluding hydrogens is 386 g/mol. The van der Waals surface area contributed by atoms with E-state index in [1.54, 1.807) is 0 Å². The fourth-order valence-electron chi connectivity index (χ4n) is 3.73. The van der Waals surface area contributed by atoms with E-state index in [1.807, 2.05) is 22.9 Å². The molecule has 0 fully saturated rings. The van der Waals surface area contributed by atoms with Gasteiger partial charge in [0.1, 0.15) is 5.69 Å².